The summed E-state index contributed by atoms with van der Waals surface area (Å²) in [6.07, 6.45) is 3.37. The fraction of sp³-hybridized carbons (Fsp3) is 0.312. The molecule has 0 saturated carbocycles. The molecule has 2 aromatic rings. The SMILES string of the molecule is CCCNc1cc(C(=O)Nc2ccc(CC)cc2)ncn1. The quantitative estimate of drug-likeness (QED) is 0.855. The first-order valence-corrected chi connectivity index (χ1v) is 7.19. The first-order valence-electron chi connectivity index (χ1n) is 7.19. The van der Waals surface area contributed by atoms with Gasteiger partial charge in [0.15, 0.2) is 0 Å². The second kappa shape index (κ2) is 7.38. The molecule has 0 atom stereocenters. The largest absolute Gasteiger partial charge is 0.370 e. The summed E-state index contributed by atoms with van der Waals surface area (Å²) in [6, 6.07) is 9.46. The van der Waals surface area contributed by atoms with Gasteiger partial charge >= 0.3 is 0 Å². The Bertz CT molecular complexity index is 595. The molecule has 0 spiro atoms. The van der Waals surface area contributed by atoms with Crippen LogP contribution in [0.5, 0.6) is 0 Å². The van der Waals surface area contributed by atoms with E-state index in [9.17, 15) is 4.79 Å². The van der Waals surface area contributed by atoms with Crippen molar-refractivity contribution in [3.8, 4) is 0 Å². The number of amides is 1. The summed E-state index contributed by atoms with van der Waals surface area (Å²) < 4.78 is 0. The molecular formula is C16H20N4O. The number of hydrogen-bond donors (Lipinski definition) is 2. The highest BCUT2D eigenvalue weighted by Gasteiger charge is 2.09. The molecule has 0 saturated heterocycles. The van der Waals surface area contributed by atoms with Gasteiger partial charge in [-0.2, -0.15) is 0 Å². The van der Waals surface area contributed by atoms with Gasteiger partial charge in [-0.3, -0.25) is 4.79 Å². The van der Waals surface area contributed by atoms with Gasteiger partial charge in [-0.05, 0) is 30.5 Å². The molecule has 5 heteroatoms. The number of hydrogen-bond acceptors (Lipinski definition) is 4. The van der Waals surface area contributed by atoms with Crippen LogP contribution in [0, 0.1) is 0 Å². The van der Waals surface area contributed by atoms with Crippen molar-refractivity contribution in [3.05, 3.63) is 47.9 Å². The van der Waals surface area contributed by atoms with Crippen LogP contribution in [0.3, 0.4) is 0 Å². The Balaban J connectivity index is 2.05. The molecular weight excluding hydrogens is 264 g/mol. The monoisotopic (exact) mass is 284 g/mol. The van der Waals surface area contributed by atoms with E-state index in [0.29, 0.717) is 11.5 Å². The number of rotatable bonds is 6. The molecule has 0 radical (unpaired) electrons. The number of benzene rings is 1. The average Bonchev–Trinajstić information content (AvgIpc) is 2.54. The summed E-state index contributed by atoms with van der Waals surface area (Å²) in [5.41, 5.74) is 2.35. The van der Waals surface area contributed by atoms with Gasteiger partial charge < -0.3 is 10.6 Å². The van der Waals surface area contributed by atoms with Crippen LogP contribution in [0.4, 0.5) is 11.5 Å². The van der Waals surface area contributed by atoms with E-state index in [1.54, 1.807) is 6.07 Å². The third-order valence-electron chi connectivity index (χ3n) is 3.08. The zero-order valence-electron chi connectivity index (χ0n) is 12.4. The molecule has 1 amide bonds. The summed E-state index contributed by atoms with van der Waals surface area (Å²) in [5.74, 6) is 0.430. The fourth-order valence-electron chi connectivity index (χ4n) is 1.85. The van der Waals surface area contributed by atoms with Crippen LogP contribution in [0.1, 0.15) is 36.3 Å². The molecule has 2 N–H and O–H groups in total. The van der Waals surface area contributed by atoms with E-state index in [1.165, 1.54) is 11.9 Å². The first-order chi connectivity index (χ1) is 10.2. The summed E-state index contributed by atoms with van der Waals surface area (Å²) in [7, 11) is 0. The molecule has 1 heterocycles. The van der Waals surface area contributed by atoms with Crippen LogP contribution < -0.4 is 10.6 Å². The minimum atomic E-state index is -0.235. The van der Waals surface area contributed by atoms with Crippen LogP contribution in [0.2, 0.25) is 0 Å². The minimum Gasteiger partial charge on any atom is -0.370 e. The average molecular weight is 284 g/mol. The standard InChI is InChI=1S/C16H20N4O/c1-3-9-17-15-10-14(18-11-19-15)16(21)20-13-7-5-12(4-2)6-8-13/h5-8,10-11H,3-4,9H2,1-2H3,(H,20,21)(H,17,18,19). The zero-order chi connectivity index (χ0) is 15.1. The molecule has 1 aromatic carbocycles. The van der Waals surface area contributed by atoms with Crippen LogP contribution >= 0.6 is 0 Å². The molecule has 110 valence electrons. The van der Waals surface area contributed by atoms with Crippen LogP contribution in [0.15, 0.2) is 36.7 Å². The number of aromatic nitrogens is 2. The number of carbonyl (C=O) groups excluding carboxylic acids is 1. The highest BCUT2D eigenvalue weighted by Crippen LogP contribution is 2.12. The lowest BCUT2D eigenvalue weighted by Gasteiger charge is -2.07. The minimum absolute atomic E-state index is 0.235. The Morgan fingerprint density at radius 1 is 1.14 bits per heavy atom. The first kappa shape index (κ1) is 15.0. The third kappa shape index (κ3) is 4.27. The maximum Gasteiger partial charge on any atom is 0.274 e. The predicted octanol–water partition coefficient (Wildman–Crippen LogP) is 3.11. The van der Waals surface area contributed by atoms with E-state index in [4.69, 9.17) is 0 Å². The van der Waals surface area contributed by atoms with E-state index in [0.717, 1.165) is 25.1 Å². The number of nitrogens with one attached hydrogen (secondary N) is 2. The third-order valence-corrected chi connectivity index (χ3v) is 3.08. The Labute approximate surface area is 124 Å². The summed E-state index contributed by atoms with van der Waals surface area (Å²) in [4.78, 5) is 20.3. The summed E-state index contributed by atoms with van der Waals surface area (Å²) >= 11 is 0. The van der Waals surface area contributed by atoms with Crippen molar-refractivity contribution in [2.45, 2.75) is 26.7 Å². The van der Waals surface area contributed by atoms with Crippen LogP contribution in [0.25, 0.3) is 0 Å². The molecule has 0 aliphatic carbocycles. The van der Waals surface area contributed by atoms with E-state index in [2.05, 4.69) is 34.4 Å². The van der Waals surface area contributed by atoms with Gasteiger partial charge in [0.05, 0.1) is 0 Å². The molecule has 0 bridgehead atoms. The fourth-order valence-corrected chi connectivity index (χ4v) is 1.85. The molecule has 0 aliphatic heterocycles. The summed E-state index contributed by atoms with van der Waals surface area (Å²) in [5, 5.41) is 5.97. The number of aryl methyl sites for hydroxylation is 1. The van der Waals surface area contributed by atoms with Crippen molar-refractivity contribution in [2.24, 2.45) is 0 Å². The van der Waals surface area contributed by atoms with Gasteiger partial charge in [-0.15, -0.1) is 0 Å². The molecule has 2 rings (SSSR count). The van der Waals surface area contributed by atoms with Gasteiger partial charge in [-0.25, -0.2) is 9.97 Å². The van der Waals surface area contributed by atoms with Gasteiger partial charge in [0, 0.05) is 18.3 Å². The second-order valence-corrected chi connectivity index (χ2v) is 4.72. The van der Waals surface area contributed by atoms with E-state index >= 15 is 0 Å². The Morgan fingerprint density at radius 3 is 2.57 bits per heavy atom. The lowest BCUT2D eigenvalue weighted by atomic mass is 10.1. The maximum atomic E-state index is 12.2. The maximum absolute atomic E-state index is 12.2. The van der Waals surface area contributed by atoms with Gasteiger partial charge in [0.25, 0.3) is 5.91 Å². The van der Waals surface area contributed by atoms with Gasteiger partial charge in [0.2, 0.25) is 0 Å². The van der Waals surface area contributed by atoms with E-state index in [1.807, 2.05) is 24.3 Å². The van der Waals surface area contributed by atoms with Crippen molar-refractivity contribution in [3.63, 3.8) is 0 Å². The number of nitrogens with zero attached hydrogens (tertiary/aromatic N) is 2. The van der Waals surface area contributed by atoms with Crippen molar-refractivity contribution < 1.29 is 4.79 Å². The lowest BCUT2D eigenvalue weighted by Crippen LogP contribution is -2.14. The van der Waals surface area contributed by atoms with Gasteiger partial charge in [-0.1, -0.05) is 26.0 Å². The van der Waals surface area contributed by atoms with E-state index in [-0.39, 0.29) is 5.91 Å². The van der Waals surface area contributed by atoms with Crippen molar-refractivity contribution >= 4 is 17.4 Å². The van der Waals surface area contributed by atoms with Crippen molar-refractivity contribution in [2.75, 3.05) is 17.2 Å². The number of carbonyl (C=O) groups is 1. The van der Waals surface area contributed by atoms with Gasteiger partial charge in [0.1, 0.15) is 17.8 Å². The molecule has 5 nitrogen and oxygen atoms in total. The van der Waals surface area contributed by atoms with Crippen LogP contribution in [-0.2, 0) is 6.42 Å². The Hall–Kier alpha value is -2.43. The highest BCUT2D eigenvalue weighted by atomic mass is 16.1. The molecule has 0 fully saturated rings. The Kier molecular flexibility index (Phi) is 5.26. The molecule has 1 aromatic heterocycles. The highest BCUT2D eigenvalue weighted by molar-refractivity contribution is 6.03. The Morgan fingerprint density at radius 2 is 1.90 bits per heavy atom. The molecule has 21 heavy (non-hydrogen) atoms. The van der Waals surface area contributed by atoms with Crippen LogP contribution in [-0.4, -0.2) is 22.4 Å². The predicted molar refractivity (Wildman–Crippen MR) is 84.6 cm³/mol. The normalized spacial score (nSPS) is 10.2. The second-order valence-electron chi connectivity index (χ2n) is 4.72. The molecule has 0 aliphatic rings. The lowest BCUT2D eigenvalue weighted by molar-refractivity contribution is 0.102. The zero-order valence-corrected chi connectivity index (χ0v) is 12.4. The number of anilines is 2. The summed E-state index contributed by atoms with van der Waals surface area (Å²) in [6.45, 7) is 4.98. The van der Waals surface area contributed by atoms with E-state index < -0.39 is 0 Å². The van der Waals surface area contributed by atoms with Crippen molar-refractivity contribution in [1.29, 1.82) is 0 Å². The topological polar surface area (TPSA) is 66.9 Å². The van der Waals surface area contributed by atoms with Crippen molar-refractivity contribution in [1.82, 2.24) is 9.97 Å². The molecule has 0 unspecified atom stereocenters. The smallest absolute Gasteiger partial charge is 0.274 e.